The normalized spacial score (nSPS) is 10.3. The second-order valence-corrected chi connectivity index (χ2v) is 5.27. The largest absolute Gasteiger partial charge is 0.336 e. The molecule has 0 saturated carbocycles. The van der Waals surface area contributed by atoms with Crippen LogP contribution < -0.4 is 5.56 Å². The van der Waals surface area contributed by atoms with Crippen molar-refractivity contribution in [1.29, 1.82) is 0 Å². The summed E-state index contributed by atoms with van der Waals surface area (Å²) in [5.41, 5.74) is 0.255. The van der Waals surface area contributed by atoms with Gasteiger partial charge in [0.1, 0.15) is 0 Å². The number of pyridine rings is 1. The predicted molar refractivity (Wildman–Crippen MR) is 69.7 cm³/mol. The number of aromatic nitrogens is 2. The van der Waals surface area contributed by atoms with Gasteiger partial charge < -0.3 is 9.88 Å². The van der Waals surface area contributed by atoms with Crippen molar-refractivity contribution >= 4 is 17.2 Å². The summed E-state index contributed by atoms with van der Waals surface area (Å²) in [6.07, 6.45) is 3.20. The van der Waals surface area contributed by atoms with Gasteiger partial charge in [0.15, 0.2) is 0 Å². The Bertz CT molecular complexity index is 597. The van der Waals surface area contributed by atoms with E-state index in [0.717, 1.165) is 9.88 Å². The van der Waals surface area contributed by atoms with Gasteiger partial charge >= 0.3 is 0 Å². The highest BCUT2D eigenvalue weighted by Gasteiger charge is 2.13. The molecule has 0 unspecified atom stereocenters. The van der Waals surface area contributed by atoms with Crippen LogP contribution in [0, 0.1) is 6.92 Å². The van der Waals surface area contributed by atoms with Gasteiger partial charge in [-0.1, -0.05) is 0 Å². The summed E-state index contributed by atoms with van der Waals surface area (Å²) in [7, 11) is 1.72. The lowest BCUT2D eigenvalue weighted by Crippen LogP contribution is -2.26. The third-order valence-corrected chi connectivity index (χ3v) is 3.34. The van der Waals surface area contributed by atoms with Crippen LogP contribution in [0.25, 0.3) is 0 Å². The Labute approximate surface area is 108 Å². The first-order valence-electron chi connectivity index (χ1n) is 5.42. The van der Waals surface area contributed by atoms with Crippen LogP contribution in [0.4, 0.5) is 0 Å². The number of hydrogen-bond acceptors (Lipinski definition) is 4. The molecule has 0 saturated heterocycles. The molecule has 0 aromatic carbocycles. The van der Waals surface area contributed by atoms with Gasteiger partial charge in [-0.05, 0) is 13.0 Å². The lowest BCUT2D eigenvalue weighted by atomic mass is 10.2. The molecule has 0 radical (unpaired) electrons. The van der Waals surface area contributed by atoms with Gasteiger partial charge in [-0.2, -0.15) is 0 Å². The van der Waals surface area contributed by atoms with E-state index in [9.17, 15) is 9.59 Å². The van der Waals surface area contributed by atoms with Gasteiger partial charge in [0, 0.05) is 30.4 Å². The molecule has 0 aliphatic heterocycles. The number of aryl methyl sites for hydroxylation is 1. The zero-order chi connectivity index (χ0) is 13.1. The van der Waals surface area contributed by atoms with E-state index in [1.54, 1.807) is 29.5 Å². The maximum Gasteiger partial charge on any atom is 0.255 e. The highest BCUT2D eigenvalue weighted by Crippen LogP contribution is 2.14. The van der Waals surface area contributed by atoms with E-state index >= 15 is 0 Å². The quantitative estimate of drug-likeness (QED) is 0.910. The molecule has 1 amide bonds. The molecule has 0 atom stereocenters. The van der Waals surface area contributed by atoms with Crippen molar-refractivity contribution in [1.82, 2.24) is 14.9 Å². The summed E-state index contributed by atoms with van der Waals surface area (Å²) in [5.74, 6) is -0.127. The van der Waals surface area contributed by atoms with Crippen LogP contribution in [-0.2, 0) is 6.54 Å². The van der Waals surface area contributed by atoms with Crippen molar-refractivity contribution in [2.45, 2.75) is 13.5 Å². The summed E-state index contributed by atoms with van der Waals surface area (Å²) in [6.45, 7) is 2.45. The minimum Gasteiger partial charge on any atom is -0.336 e. The fraction of sp³-hybridized carbons (Fsp3) is 0.250. The Morgan fingerprint density at radius 3 is 2.83 bits per heavy atom. The maximum absolute atomic E-state index is 12.1. The molecule has 6 heteroatoms. The zero-order valence-corrected chi connectivity index (χ0v) is 11.0. The van der Waals surface area contributed by atoms with Gasteiger partial charge in [-0.15, -0.1) is 11.3 Å². The summed E-state index contributed by atoms with van der Waals surface area (Å²) >= 11 is 1.57. The second kappa shape index (κ2) is 5.14. The highest BCUT2D eigenvalue weighted by atomic mass is 32.1. The van der Waals surface area contributed by atoms with Crippen LogP contribution in [0.15, 0.2) is 29.3 Å². The lowest BCUT2D eigenvalue weighted by Gasteiger charge is -2.15. The number of thiazole rings is 1. The number of nitrogens with zero attached hydrogens (tertiary/aromatic N) is 2. The smallest absolute Gasteiger partial charge is 0.255 e. The van der Waals surface area contributed by atoms with E-state index in [1.165, 1.54) is 18.3 Å². The predicted octanol–water partition coefficient (Wildman–Crippen LogP) is 1.41. The number of rotatable bonds is 3. The monoisotopic (exact) mass is 263 g/mol. The molecule has 0 fully saturated rings. The first kappa shape index (κ1) is 12.5. The molecule has 0 aliphatic rings. The summed E-state index contributed by atoms with van der Waals surface area (Å²) in [4.78, 5) is 32.2. The van der Waals surface area contributed by atoms with E-state index in [4.69, 9.17) is 0 Å². The molecular formula is C12H13N3O2S. The minimum absolute atomic E-state index is 0.127. The van der Waals surface area contributed by atoms with Crippen LogP contribution in [0.2, 0.25) is 0 Å². The second-order valence-electron chi connectivity index (χ2n) is 3.95. The van der Waals surface area contributed by atoms with E-state index in [0.29, 0.717) is 12.1 Å². The highest BCUT2D eigenvalue weighted by molar-refractivity contribution is 7.11. The van der Waals surface area contributed by atoms with Gasteiger partial charge in [-0.3, -0.25) is 9.59 Å². The molecular weight excluding hydrogens is 250 g/mol. The Kier molecular flexibility index (Phi) is 3.57. The van der Waals surface area contributed by atoms with Crippen LogP contribution >= 0.6 is 11.3 Å². The third kappa shape index (κ3) is 2.84. The standard InChI is InChI=1S/C12H13N3O2S/c1-8-13-6-10(18-8)7-15(2)12(17)9-3-4-11(16)14-5-9/h3-6H,7H2,1-2H3,(H,14,16). The number of carbonyl (C=O) groups excluding carboxylic acids is 1. The summed E-state index contributed by atoms with van der Waals surface area (Å²) in [5, 5.41) is 0.981. The molecule has 2 rings (SSSR count). The number of nitrogens with one attached hydrogen (secondary N) is 1. The van der Waals surface area contributed by atoms with E-state index in [-0.39, 0.29) is 11.5 Å². The first-order valence-corrected chi connectivity index (χ1v) is 6.23. The van der Waals surface area contributed by atoms with Crippen LogP contribution in [0.3, 0.4) is 0 Å². The molecule has 0 bridgehead atoms. The van der Waals surface area contributed by atoms with Crippen molar-refractivity contribution in [2.75, 3.05) is 7.05 Å². The average Bonchev–Trinajstić information content (AvgIpc) is 2.75. The Hall–Kier alpha value is -1.95. The van der Waals surface area contributed by atoms with Crippen molar-refractivity contribution in [3.8, 4) is 0 Å². The van der Waals surface area contributed by atoms with Crippen LogP contribution in [0.1, 0.15) is 20.2 Å². The Morgan fingerprint density at radius 2 is 2.28 bits per heavy atom. The van der Waals surface area contributed by atoms with Gasteiger partial charge in [0.25, 0.3) is 5.91 Å². The van der Waals surface area contributed by atoms with Crippen LogP contribution in [0.5, 0.6) is 0 Å². The van der Waals surface area contributed by atoms with Gasteiger partial charge in [0.05, 0.1) is 17.1 Å². The lowest BCUT2D eigenvalue weighted by molar-refractivity contribution is 0.0786. The van der Waals surface area contributed by atoms with E-state index in [2.05, 4.69) is 9.97 Å². The molecule has 0 spiro atoms. The third-order valence-electron chi connectivity index (χ3n) is 2.44. The SMILES string of the molecule is Cc1ncc(CN(C)C(=O)c2ccc(=O)[nH]c2)s1. The molecule has 2 heterocycles. The molecule has 5 nitrogen and oxygen atoms in total. The van der Waals surface area contributed by atoms with Crippen LogP contribution in [-0.4, -0.2) is 27.8 Å². The fourth-order valence-corrected chi connectivity index (χ4v) is 2.40. The maximum atomic E-state index is 12.1. The summed E-state index contributed by atoms with van der Waals surface area (Å²) < 4.78 is 0. The molecule has 0 aliphatic carbocycles. The number of H-pyrrole nitrogens is 1. The molecule has 2 aromatic rings. The van der Waals surface area contributed by atoms with E-state index in [1.807, 2.05) is 6.92 Å². The molecule has 1 N–H and O–H groups in total. The number of hydrogen-bond donors (Lipinski definition) is 1. The molecule has 2 aromatic heterocycles. The average molecular weight is 263 g/mol. The summed E-state index contributed by atoms with van der Waals surface area (Å²) in [6, 6.07) is 2.87. The molecule has 18 heavy (non-hydrogen) atoms. The number of aromatic amines is 1. The Morgan fingerprint density at radius 1 is 1.50 bits per heavy atom. The fourth-order valence-electron chi connectivity index (χ4n) is 1.55. The van der Waals surface area contributed by atoms with E-state index < -0.39 is 0 Å². The van der Waals surface area contributed by atoms with Crippen molar-refractivity contribution in [3.63, 3.8) is 0 Å². The topological polar surface area (TPSA) is 66.1 Å². The number of carbonyl (C=O) groups is 1. The van der Waals surface area contributed by atoms with Gasteiger partial charge in [-0.25, -0.2) is 4.98 Å². The minimum atomic E-state index is -0.215. The van der Waals surface area contributed by atoms with Crippen molar-refractivity contribution < 1.29 is 4.79 Å². The Balaban J connectivity index is 2.09. The van der Waals surface area contributed by atoms with Crippen molar-refractivity contribution in [3.05, 3.63) is 50.3 Å². The number of amides is 1. The zero-order valence-electron chi connectivity index (χ0n) is 10.1. The molecule has 94 valence electrons. The first-order chi connectivity index (χ1) is 8.56. The van der Waals surface area contributed by atoms with Crippen molar-refractivity contribution in [2.24, 2.45) is 0 Å². The van der Waals surface area contributed by atoms with Gasteiger partial charge in [0.2, 0.25) is 5.56 Å².